The van der Waals surface area contributed by atoms with E-state index in [2.05, 4.69) is 50.2 Å². The SMILES string of the molecule is C[C@@H]1CN(c2cc(Br)cnn2)C[C@H](C)N1. The lowest BCUT2D eigenvalue weighted by atomic mass is 10.1. The largest absolute Gasteiger partial charge is 0.352 e. The Morgan fingerprint density at radius 2 is 2.07 bits per heavy atom. The smallest absolute Gasteiger partial charge is 0.152 e. The molecule has 1 saturated heterocycles. The fourth-order valence-electron chi connectivity index (χ4n) is 2.00. The van der Waals surface area contributed by atoms with E-state index in [1.165, 1.54) is 0 Å². The van der Waals surface area contributed by atoms with Crippen molar-refractivity contribution in [1.29, 1.82) is 0 Å². The number of hydrogen-bond acceptors (Lipinski definition) is 4. The van der Waals surface area contributed by atoms with Crippen LogP contribution in [0.5, 0.6) is 0 Å². The van der Waals surface area contributed by atoms with Gasteiger partial charge in [-0.3, -0.25) is 0 Å². The van der Waals surface area contributed by atoms with Crippen LogP contribution in [0.15, 0.2) is 16.7 Å². The second-order valence-corrected chi connectivity index (χ2v) is 5.02. The standard InChI is InChI=1S/C10H15BrN4/c1-7-5-15(6-8(2)13-7)10-3-9(11)4-12-14-10/h3-4,7-8,13H,5-6H2,1-2H3/t7-,8+. The van der Waals surface area contributed by atoms with Crippen molar-refractivity contribution >= 4 is 21.7 Å². The molecule has 1 fully saturated rings. The van der Waals surface area contributed by atoms with Crippen LogP contribution in [0.4, 0.5) is 5.82 Å². The number of hydrogen-bond donors (Lipinski definition) is 1. The molecule has 5 heteroatoms. The number of piperazine rings is 1. The van der Waals surface area contributed by atoms with Crippen molar-refractivity contribution in [1.82, 2.24) is 15.5 Å². The Morgan fingerprint density at radius 1 is 1.40 bits per heavy atom. The molecule has 0 unspecified atom stereocenters. The van der Waals surface area contributed by atoms with E-state index in [1.54, 1.807) is 6.20 Å². The van der Waals surface area contributed by atoms with Gasteiger partial charge in [0.05, 0.1) is 6.20 Å². The van der Waals surface area contributed by atoms with E-state index < -0.39 is 0 Å². The summed E-state index contributed by atoms with van der Waals surface area (Å²) in [5, 5.41) is 11.6. The number of aromatic nitrogens is 2. The molecular formula is C10H15BrN4. The van der Waals surface area contributed by atoms with Gasteiger partial charge in [0.1, 0.15) is 0 Å². The lowest BCUT2D eigenvalue weighted by Crippen LogP contribution is -2.54. The van der Waals surface area contributed by atoms with Gasteiger partial charge in [0, 0.05) is 29.6 Å². The van der Waals surface area contributed by atoms with Gasteiger partial charge in [-0.1, -0.05) is 0 Å². The van der Waals surface area contributed by atoms with Crippen LogP contribution in [-0.4, -0.2) is 35.4 Å². The molecule has 15 heavy (non-hydrogen) atoms. The second-order valence-electron chi connectivity index (χ2n) is 4.11. The van der Waals surface area contributed by atoms with Gasteiger partial charge in [0.2, 0.25) is 0 Å². The molecule has 1 N–H and O–H groups in total. The topological polar surface area (TPSA) is 41.1 Å². The van der Waals surface area contributed by atoms with E-state index >= 15 is 0 Å². The summed E-state index contributed by atoms with van der Waals surface area (Å²) in [6.07, 6.45) is 1.71. The lowest BCUT2D eigenvalue weighted by molar-refractivity contribution is 0.404. The molecule has 0 amide bonds. The van der Waals surface area contributed by atoms with Gasteiger partial charge in [-0.05, 0) is 35.8 Å². The zero-order valence-electron chi connectivity index (χ0n) is 8.94. The highest BCUT2D eigenvalue weighted by atomic mass is 79.9. The summed E-state index contributed by atoms with van der Waals surface area (Å²) in [7, 11) is 0. The maximum atomic E-state index is 4.15. The molecule has 82 valence electrons. The fourth-order valence-corrected chi connectivity index (χ4v) is 2.30. The Morgan fingerprint density at radius 3 is 2.67 bits per heavy atom. The molecule has 2 rings (SSSR count). The zero-order valence-corrected chi connectivity index (χ0v) is 10.5. The molecule has 2 atom stereocenters. The minimum Gasteiger partial charge on any atom is -0.352 e. The van der Waals surface area contributed by atoms with E-state index in [-0.39, 0.29) is 0 Å². The summed E-state index contributed by atoms with van der Waals surface area (Å²) >= 11 is 3.41. The molecule has 1 aromatic heterocycles. The number of nitrogens with zero attached hydrogens (tertiary/aromatic N) is 3. The minimum atomic E-state index is 0.495. The average molecular weight is 271 g/mol. The molecular weight excluding hydrogens is 256 g/mol. The molecule has 0 saturated carbocycles. The summed E-state index contributed by atoms with van der Waals surface area (Å²) in [5.41, 5.74) is 0. The molecule has 0 radical (unpaired) electrons. The van der Waals surface area contributed by atoms with Gasteiger partial charge in [-0.15, -0.1) is 5.10 Å². The van der Waals surface area contributed by atoms with Gasteiger partial charge >= 0.3 is 0 Å². The van der Waals surface area contributed by atoms with Crippen LogP contribution in [0.3, 0.4) is 0 Å². The Hall–Kier alpha value is -0.680. The highest BCUT2D eigenvalue weighted by Crippen LogP contribution is 2.17. The van der Waals surface area contributed by atoms with Crippen molar-refractivity contribution in [2.75, 3.05) is 18.0 Å². The van der Waals surface area contributed by atoms with E-state index in [1.807, 2.05) is 6.07 Å². The van der Waals surface area contributed by atoms with Gasteiger partial charge < -0.3 is 10.2 Å². The van der Waals surface area contributed by atoms with E-state index in [0.29, 0.717) is 12.1 Å². The summed E-state index contributed by atoms with van der Waals surface area (Å²) < 4.78 is 0.978. The molecule has 0 bridgehead atoms. The van der Waals surface area contributed by atoms with Crippen LogP contribution in [0, 0.1) is 0 Å². The van der Waals surface area contributed by atoms with E-state index in [4.69, 9.17) is 0 Å². The normalized spacial score (nSPS) is 26.7. The molecule has 0 aliphatic carbocycles. The van der Waals surface area contributed by atoms with Crippen molar-refractivity contribution < 1.29 is 0 Å². The van der Waals surface area contributed by atoms with E-state index in [0.717, 1.165) is 23.4 Å². The molecule has 2 heterocycles. The Balaban J connectivity index is 2.16. The predicted molar refractivity (Wildman–Crippen MR) is 64.0 cm³/mol. The third-order valence-corrected chi connectivity index (χ3v) is 2.92. The lowest BCUT2D eigenvalue weighted by Gasteiger charge is -2.36. The molecule has 1 aliphatic heterocycles. The van der Waals surface area contributed by atoms with Crippen LogP contribution < -0.4 is 10.2 Å². The van der Waals surface area contributed by atoms with Crippen molar-refractivity contribution in [3.8, 4) is 0 Å². The number of rotatable bonds is 1. The van der Waals surface area contributed by atoms with Crippen LogP contribution in [0.1, 0.15) is 13.8 Å². The summed E-state index contributed by atoms with van der Waals surface area (Å²) in [4.78, 5) is 2.27. The predicted octanol–water partition coefficient (Wildman–Crippen LogP) is 1.43. The fraction of sp³-hybridized carbons (Fsp3) is 0.600. The van der Waals surface area contributed by atoms with Crippen molar-refractivity contribution in [2.24, 2.45) is 0 Å². The molecule has 1 aromatic rings. The van der Waals surface area contributed by atoms with Crippen LogP contribution in [-0.2, 0) is 0 Å². The molecule has 4 nitrogen and oxygen atoms in total. The van der Waals surface area contributed by atoms with Crippen LogP contribution in [0.2, 0.25) is 0 Å². The van der Waals surface area contributed by atoms with Gasteiger partial charge in [-0.2, -0.15) is 5.10 Å². The summed E-state index contributed by atoms with van der Waals surface area (Å²) in [6.45, 7) is 6.34. The highest BCUT2D eigenvalue weighted by Gasteiger charge is 2.21. The first-order chi connectivity index (χ1) is 7.15. The second kappa shape index (κ2) is 4.45. The van der Waals surface area contributed by atoms with Gasteiger partial charge in [0.15, 0.2) is 5.82 Å². The van der Waals surface area contributed by atoms with Crippen LogP contribution >= 0.6 is 15.9 Å². The van der Waals surface area contributed by atoms with Gasteiger partial charge in [-0.25, -0.2) is 0 Å². The Bertz CT molecular complexity index is 334. The van der Waals surface area contributed by atoms with Crippen molar-refractivity contribution in [3.63, 3.8) is 0 Å². The van der Waals surface area contributed by atoms with E-state index in [9.17, 15) is 0 Å². The third kappa shape index (κ3) is 2.66. The Labute approximate surface area is 98.2 Å². The maximum absolute atomic E-state index is 4.15. The first-order valence-corrected chi connectivity index (χ1v) is 5.93. The zero-order chi connectivity index (χ0) is 10.8. The van der Waals surface area contributed by atoms with Gasteiger partial charge in [0.25, 0.3) is 0 Å². The van der Waals surface area contributed by atoms with Crippen molar-refractivity contribution in [2.45, 2.75) is 25.9 Å². The van der Waals surface area contributed by atoms with Crippen LogP contribution in [0.25, 0.3) is 0 Å². The molecule has 0 aromatic carbocycles. The first-order valence-electron chi connectivity index (χ1n) is 5.14. The number of halogens is 1. The minimum absolute atomic E-state index is 0.495. The maximum Gasteiger partial charge on any atom is 0.152 e. The highest BCUT2D eigenvalue weighted by molar-refractivity contribution is 9.10. The quantitative estimate of drug-likeness (QED) is 0.838. The summed E-state index contributed by atoms with van der Waals surface area (Å²) in [5.74, 6) is 0.949. The molecule has 0 spiro atoms. The third-order valence-electron chi connectivity index (χ3n) is 2.49. The van der Waals surface area contributed by atoms with Crippen molar-refractivity contribution in [3.05, 3.63) is 16.7 Å². The summed E-state index contributed by atoms with van der Waals surface area (Å²) in [6, 6.07) is 3.00. The number of nitrogens with one attached hydrogen (secondary N) is 1. The monoisotopic (exact) mass is 270 g/mol. The first kappa shape index (κ1) is 10.8. The molecule has 1 aliphatic rings. The Kier molecular flexibility index (Phi) is 3.21. The average Bonchev–Trinajstić information content (AvgIpc) is 2.16. The number of anilines is 1.